The number of carbonyl (C=O) groups excluding carboxylic acids is 1. The summed E-state index contributed by atoms with van der Waals surface area (Å²) in [6, 6.07) is 14.2. The summed E-state index contributed by atoms with van der Waals surface area (Å²) in [6.45, 7) is 3.93. The third-order valence-corrected chi connectivity index (χ3v) is 4.33. The third-order valence-electron chi connectivity index (χ3n) is 4.33. The van der Waals surface area contributed by atoms with E-state index < -0.39 is 29.0 Å². The second-order valence-electron chi connectivity index (χ2n) is 6.10. The van der Waals surface area contributed by atoms with Gasteiger partial charge in [0, 0.05) is 5.69 Å². The summed E-state index contributed by atoms with van der Waals surface area (Å²) >= 11 is 0. The molecule has 0 heterocycles. The van der Waals surface area contributed by atoms with Gasteiger partial charge in [-0.25, -0.2) is 13.2 Å². The van der Waals surface area contributed by atoms with Gasteiger partial charge in [-0.1, -0.05) is 24.3 Å². The molecule has 0 saturated heterocycles. The summed E-state index contributed by atoms with van der Waals surface area (Å²) in [5.41, 5.74) is 3.26. The normalized spacial score (nSPS) is 10.6. The highest BCUT2D eigenvalue weighted by Gasteiger charge is 2.18. The number of para-hydroxylation sites is 1. The van der Waals surface area contributed by atoms with E-state index in [0.29, 0.717) is 5.69 Å². The van der Waals surface area contributed by atoms with Crippen LogP contribution in [0.5, 0.6) is 0 Å². The first-order valence-electron chi connectivity index (χ1n) is 8.25. The number of hydrogen-bond acceptors (Lipinski definition) is 2. The molecule has 6 heteroatoms. The van der Waals surface area contributed by atoms with Gasteiger partial charge >= 0.3 is 0 Å². The van der Waals surface area contributed by atoms with Gasteiger partial charge in [0.1, 0.15) is 0 Å². The van der Waals surface area contributed by atoms with Crippen LogP contribution in [-0.4, -0.2) is 5.91 Å². The van der Waals surface area contributed by atoms with Crippen LogP contribution in [0.15, 0.2) is 54.6 Å². The Balaban J connectivity index is 1.91. The number of anilines is 3. The summed E-state index contributed by atoms with van der Waals surface area (Å²) in [7, 11) is 0. The topological polar surface area (TPSA) is 41.1 Å². The van der Waals surface area contributed by atoms with Gasteiger partial charge in [-0.05, 0) is 55.3 Å². The highest BCUT2D eigenvalue weighted by atomic mass is 19.2. The molecule has 0 saturated carbocycles. The first kappa shape index (κ1) is 18.5. The van der Waals surface area contributed by atoms with E-state index in [1.807, 2.05) is 32.0 Å². The molecule has 0 aliphatic carbocycles. The van der Waals surface area contributed by atoms with Crippen molar-refractivity contribution in [3.63, 3.8) is 0 Å². The molecule has 0 atom stereocenters. The van der Waals surface area contributed by atoms with E-state index in [2.05, 4.69) is 10.6 Å². The van der Waals surface area contributed by atoms with E-state index in [1.165, 1.54) is 0 Å². The van der Waals surface area contributed by atoms with Crippen molar-refractivity contribution in [2.45, 2.75) is 13.8 Å². The number of carbonyl (C=O) groups is 1. The Bertz CT molecular complexity index is 1020. The van der Waals surface area contributed by atoms with E-state index in [4.69, 9.17) is 0 Å². The van der Waals surface area contributed by atoms with E-state index >= 15 is 0 Å². The average Bonchev–Trinajstić information content (AvgIpc) is 2.66. The number of hydrogen-bond donors (Lipinski definition) is 2. The molecule has 0 fully saturated rings. The van der Waals surface area contributed by atoms with Crippen LogP contribution in [0.25, 0.3) is 0 Å². The van der Waals surface area contributed by atoms with Crippen LogP contribution >= 0.6 is 0 Å². The molecule has 3 rings (SSSR count). The lowest BCUT2D eigenvalue weighted by Gasteiger charge is -2.15. The fourth-order valence-corrected chi connectivity index (χ4v) is 2.63. The van der Waals surface area contributed by atoms with Crippen molar-refractivity contribution in [1.29, 1.82) is 0 Å². The number of halogens is 3. The average molecular weight is 370 g/mol. The first-order chi connectivity index (χ1) is 12.9. The molecule has 0 unspecified atom stereocenters. The largest absolute Gasteiger partial charge is 0.355 e. The minimum atomic E-state index is -1.63. The van der Waals surface area contributed by atoms with Crippen LogP contribution in [0.2, 0.25) is 0 Å². The maximum Gasteiger partial charge on any atom is 0.257 e. The minimum Gasteiger partial charge on any atom is -0.355 e. The lowest BCUT2D eigenvalue weighted by molar-refractivity contribution is 0.102. The van der Waals surface area contributed by atoms with E-state index in [-0.39, 0.29) is 5.56 Å². The van der Waals surface area contributed by atoms with Crippen LogP contribution < -0.4 is 10.6 Å². The second-order valence-corrected chi connectivity index (χ2v) is 6.10. The maximum atomic E-state index is 13.8. The Morgan fingerprint density at radius 3 is 2.26 bits per heavy atom. The quantitative estimate of drug-likeness (QED) is 0.577. The molecule has 27 heavy (non-hydrogen) atoms. The Labute approximate surface area is 154 Å². The van der Waals surface area contributed by atoms with Gasteiger partial charge in [0.05, 0.1) is 16.9 Å². The van der Waals surface area contributed by atoms with Gasteiger partial charge < -0.3 is 10.6 Å². The summed E-state index contributed by atoms with van der Waals surface area (Å²) in [5.74, 6) is -5.03. The van der Waals surface area contributed by atoms with Crippen LogP contribution in [0, 0.1) is 31.3 Å². The van der Waals surface area contributed by atoms with Crippen LogP contribution in [0.1, 0.15) is 21.5 Å². The molecule has 1 amide bonds. The highest BCUT2D eigenvalue weighted by Crippen LogP contribution is 2.26. The zero-order valence-corrected chi connectivity index (χ0v) is 14.7. The molecule has 0 aliphatic rings. The lowest BCUT2D eigenvalue weighted by Crippen LogP contribution is -2.15. The van der Waals surface area contributed by atoms with E-state index in [1.54, 1.807) is 24.3 Å². The standard InChI is InChI=1S/C21H17F3N2O/c1-12-6-5-9-16(13(12)2)25-17-8-4-3-7-14(17)21(27)26-18-11-10-15(22)19(23)20(18)24/h3-11,25H,1-2H3,(H,26,27). The predicted molar refractivity (Wildman–Crippen MR) is 99.9 cm³/mol. The molecule has 0 aliphatic heterocycles. The Hall–Kier alpha value is -3.28. The Morgan fingerprint density at radius 1 is 0.778 bits per heavy atom. The fraction of sp³-hybridized carbons (Fsp3) is 0.0952. The van der Waals surface area contributed by atoms with Crippen molar-refractivity contribution in [3.05, 3.63) is 88.7 Å². The molecule has 0 radical (unpaired) electrons. The highest BCUT2D eigenvalue weighted by molar-refractivity contribution is 6.08. The molecule has 2 N–H and O–H groups in total. The maximum absolute atomic E-state index is 13.8. The lowest BCUT2D eigenvalue weighted by atomic mass is 10.1. The van der Waals surface area contributed by atoms with Gasteiger partial charge in [-0.15, -0.1) is 0 Å². The monoisotopic (exact) mass is 370 g/mol. The van der Waals surface area contributed by atoms with E-state index in [9.17, 15) is 18.0 Å². The zero-order valence-electron chi connectivity index (χ0n) is 14.7. The van der Waals surface area contributed by atoms with E-state index in [0.717, 1.165) is 28.9 Å². The van der Waals surface area contributed by atoms with Crippen molar-refractivity contribution in [2.75, 3.05) is 10.6 Å². The zero-order chi connectivity index (χ0) is 19.6. The minimum absolute atomic E-state index is 0.238. The summed E-state index contributed by atoms with van der Waals surface area (Å²) in [5, 5.41) is 5.48. The van der Waals surface area contributed by atoms with Crippen LogP contribution in [0.3, 0.4) is 0 Å². The van der Waals surface area contributed by atoms with Crippen molar-refractivity contribution in [3.8, 4) is 0 Å². The molecular formula is C21H17F3N2O. The number of nitrogens with one attached hydrogen (secondary N) is 2. The Kier molecular flexibility index (Phi) is 5.16. The predicted octanol–water partition coefficient (Wildman–Crippen LogP) is 5.72. The fourth-order valence-electron chi connectivity index (χ4n) is 2.63. The second kappa shape index (κ2) is 7.53. The summed E-state index contributed by atoms with van der Waals surface area (Å²) in [4.78, 5) is 12.6. The summed E-state index contributed by atoms with van der Waals surface area (Å²) < 4.78 is 40.3. The molecule has 0 aromatic heterocycles. The molecule has 3 nitrogen and oxygen atoms in total. The smallest absolute Gasteiger partial charge is 0.257 e. The van der Waals surface area contributed by atoms with Crippen molar-refractivity contribution < 1.29 is 18.0 Å². The number of amides is 1. The van der Waals surface area contributed by atoms with Gasteiger partial charge in [0.25, 0.3) is 5.91 Å². The van der Waals surface area contributed by atoms with Gasteiger partial charge in [-0.3, -0.25) is 4.79 Å². The third kappa shape index (κ3) is 3.79. The Morgan fingerprint density at radius 2 is 1.48 bits per heavy atom. The number of rotatable bonds is 4. The van der Waals surface area contributed by atoms with Crippen molar-refractivity contribution >= 4 is 23.0 Å². The van der Waals surface area contributed by atoms with Crippen LogP contribution in [0.4, 0.5) is 30.2 Å². The molecular weight excluding hydrogens is 353 g/mol. The van der Waals surface area contributed by atoms with Gasteiger partial charge in [-0.2, -0.15) is 0 Å². The molecule has 138 valence electrons. The SMILES string of the molecule is Cc1cccc(Nc2ccccc2C(=O)Nc2ccc(F)c(F)c2F)c1C. The molecule has 3 aromatic rings. The summed E-state index contributed by atoms with van der Waals surface area (Å²) in [6.07, 6.45) is 0. The molecule has 3 aromatic carbocycles. The number of aryl methyl sites for hydroxylation is 1. The first-order valence-corrected chi connectivity index (χ1v) is 8.25. The molecule has 0 bridgehead atoms. The van der Waals surface area contributed by atoms with Gasteiger partial charge in [0.2, 0.25) is 0 Å². The van der Waals surface area contributed by atoms with Crippen molar-refractivity contribution in [1.82, 2.24) is 0 Å². The van der Waals surface area contributed by atoms with Crippen molar-refractivity contribution in [2.24, 2.45) is 0 Å². The number of benzene rings is 3. The van der Waals surface area contributed by atoms with Gasteiger partial charge in [0.15, 0.2) is 17.5 Å². The van der Waals surface area contributed by atoms with Crippen LogP contribution in [-0.2, 0) is 0 Å². The molecule has 0 spiro atoms.